The standard InChI is InChI=1S/C15H23N/c1-11(2)8-13(10-16)15-9-14(15)12-6-4-3-5-7-12/h3-7,11,13-15H,8-10,16H2,1-2H3. The Labute approximate surface area is 99.0 Å². The molecule has 1 aromatic carbocycles. The summed E-state index contributed by atoms with van der Waals surface area (Å²) in [5, 5.41) is 0. The molecule has 2 rings (SSSR count). The van der Waals surface area contributed by atoms with Gasteiger partial charge >= 0.3 is 0 Å². The van der Waals surface area contributed by atoms with E-state index in [4.69, 9.17) is 5.73 Å². The molecule has 0 aromatic heterocycles. The second-order valence-electron chi connectivity index (χ2n) is 5.54. The predicted octanol–water partition coefficient (Wildman–Crippen LogP) is 3.41. The van der Waals surface area contributed by atoms with Gasteiger partial charge in [-0.1, -0.05) is 44.2 Å². The molecule has 0 spiro atoms. The van der Waals surface area contributed by atoms with Crippen molar-refractivity contribution >= 4 is 0 Å². The molecule has 1 aromatic rings. The first-order valence-electron chi connectivity index (χ1n) is 6.47. The van der Waals surface area contributed by atoms with Crippen molar-refractivity contribution in [3.05, 3.63) is 35.9 Å². The third-order valence-electron chi connectivity index (χ3n) is 3.75. The molecule has 2 N–H and O–H groups in total. The normalized spacial score (nSPS) is 25.8. The third-order valence-corrected chi connectivity index (χ3v) is 3.75. The minimum Gasteiger partial charge on any atom is -0.330 e. The number of hydrogen-bond donors (Lipinski definition) is 1. The molecule has 16 heavy (non-hydrogen) atoms. The van der Waals surface area contributed by atoms with Crippen LogP contribution in [0.2, 0.25) is 0 Å². The smallest absolute Gasteiger partial charge is 0.00459 e. The van der Waals surface area contributed by atoms with Crippen molar-refractivity contribution in [2.75, 3.05) is 6.54 Å². The van der Waals surface area contributed by atoms with E-state index in [1.807, 2.05) is 0 Å². The highest BCUT2D eigenvalue weighted by atomic mass is 14.6. The average molecular weight is 217 g/mol. The van der Waals surface area contributed by atoms with Crippen molar-refractivity contribution in [2.45, 2.75) is 32.6 Å². The maximum absolute atomic E-state index is 5.90. The summed E-state index contributed by atoms with van der Waals surface area (Å²) in [6.45, 7) is 5.44. The predicted molar refractivity (Wildman–Crippen MR) is 69.3 cm³/mol. The minimum absolute atomic E-state index is 0.727. The van der Waals surface area contributed by atoms with E-state index in [1.54, 1.807) is 0 Å². The van der Waals surface area contributed by atoms with Crippen LogP contribution in [-0.4, -0.2) is 6.54 Å². The zero-order valence-corrected chi connectivity index (χ0v) is 10.4. The zero-order valence-electron chi connectivity index (χ0n) is 10.4. The molecule has 1 heteroatoms. The second-order valence-corrected chi connectivity index (χ2v) is 5.54. The summed E-state index contributed by atoms with van der Waals surface area (Å²) in [6, 6.07) is 10.9. The lowest BCUT2D eigenvalue weighted by molar-refractivity contribution is 0.371. The second kappa shape index (κ2) is 5.01. The first kappa shape index (κ1) is 11.7. The summed E-state index contributed by atoms with van der Waals surface area (Å²) >= 11 is 0. The van der Waals surface area contributed by atoms with Crippen LogP contribution in [-0.2, 0) is 0 Å². The summed E-state index contributed by atoms with van der Waals surface area (Å²) in [7, 11) is 0. The van der Waals surface area contributed by atoms with Crippen molar-refractivity contribution < 1.29 is 0 Å². The number of nitrogens with two attached hydrogens (primary N) is 1. The fraction of sp³-hybridized carbons (Fsp3) is 0.600. The Hall–Kier alpha value is -0.820. The van der Waals surface area contributed by atoms with Crippen LogP contribution in [0.4, 0.5) is 0 Å². The largest absolute Gasteiger partial charge is 0.330 e. The Balaban J connectivity index is 1.94. The van der Waals surface area contributed by atoms with E-state index in [0.717, 1.165) is 30.2 Å². The van der Waals surface area contributed by atoms with E-state index in [2.05, 4.69) is 44.2 Å². The Morgan fingerprint density at radius 3 is 2.50 bits per heavy atom. The molecule has 0 heterocycles. The fourth-order valence-electron chi connectivity index (χ4n) is 2.87. The van der Waals surface area contributed by atoms with Gasteiger partial charge in [-0.3, -0.25) is 0 Å². The molecule has 1 aliphatic rings. The van der Waals surface area contributed by atoms with Gasteiger partial charge in [0.15, 0.2) is 0 Å². The van der Waals surface area contributed by atoms with E-state index >= 15 is 0 Å². The van der Waals surface area contributed by atoms with Gasteiger partial charge in [0.2, 0.25) is 0 Å². The van der Waals surface area contributed by atoms with Crippen molar-refractivity contribution in [3.8, 4) is 0 Å². The lowest BCUT2D eigenvalue weighted by Crippen LogP contribution is -2.19. The maximum atomic E-state index is 5.90. The summed E-state index contributed by atoms with van der Waals surface area (Å²) in [6.07, 6.45) is 2.63. The van der Waals surface area contributed by atoms with Crippen LogP contribution in [0.25, 0.3) is 0 Å². The van der Waals surface area contributed by atoms with Gasteiger partial charge in [0.1, 0.15) is 0 Å². The monoisotopic (exact) mass is 217 g/mol. The molecule has 1 nitrogen and oxygen atoms in total. The number of benzene rings is 1. The molecular weight excluding hydrogens is 194 g/mol. The van der Waals surface area contributed by atoms with E-state index in [1.165, 1.54) is 18.4 Å². The fourth-order valence-corrected chi connectivity index (χ4v) is 2.87. The zero-order chi connectivity index (χ0) is 11.5. The van der Waals surface area contributed by atoms with Gasteiger partial charge in [-0.25, -0.2) is 0 Å². The Morgan fingerprint density at radius 2 is 1.94 bits per heavy atom. The molecular formula is C15H23N. The van der Waals surface area contributed by atoms with Crippen molar-refractivity contribution in [3.63, 3.8) is 0 Å². The quantitative estimate of drug-likeness (QED) is 0.803. The van der Waals surface area contributed by atoms with Gasteiger partial charge in [0.05, 0.1) is 0 Å². The van der Waals surface area contributed by atoms with Gasteiger partial charge < -0.3 is 5.73 Å². The highest BCUT2D eigenvalue weighted by Gasteiger charge is 2.42. The van der Waals surface area contributed by atoms with E-state index in [9.17, 15) is 0 Å². The average Bonchev–Trinajstić information content (AvgIpc) is 3.07. The van der Waals surface area contributed by atoms with Gasteiger partial charge in [-0.05, 0) is 48.6 Å². The molecule has 0 amide bonds. The van der Waals surface area contributed by atoms with Crippen LogP contribution >= 0.6 is 0 Å². The Kier molecular flexibility index (Phi) is 3.65. The summed E-state index contributed by atoms with van der Waals surface area (Å²) < 4.78 is 0. The van der Waals surface area contributed by atoms with Gasteiger partial charge in [0.25, 0.3) is 0 Å². The highest BCUT2D eigenvalue weighted by Crippen LogP contribution is 2.52. The van der Waals surface area contributed by atoms with E-state index in [-0.39, 0.29) is 0 Å². The van der Waals surface area contributed by atoms with Crippen molar-refractivity contribution in [1.29, 1.82) is 0 Å². The molecule has 1 fully saturated rings. The molecule has 3 unspecified atom stereocenters. The number of hydrogen-bond acceptors (Lipinski definition) is 1. The van der Waals surface area contributed by atoms with Crippen LogP contribution in [0.5, 0.6) is 0 Å². The number of rotatable bonds is 5. The van der Waals surface area contributed by atoms with Crippen LogP contribution in [0.15, 0.2) is 30.3 Å². The lowest BCUT2D eigenvalue weighted by atomic mass is 9.91. The topological polar surface area (TPSA) is 26.0 Å². The van der Waals surface area contributed by atoms with Gasteiger partial charge in [0, 0.05) is 0 Å². The van der Waals surface area contributed by atoms with E-state index < -0.39 is 0 Å². The Morgan fingerprint density at radius 1 is 1.25 bits per heavy atom. The molecule has 3 atom stereocenters. The lowest BCUT2D eigenvalue weighted by Gasteiger charge is -2.17. The molecule has 0 saturated heterocycles. The van der Waals surface area contributed by atoms with Crippen LogP contribution in [0, 0.1) is 17.8 Å². The van der Waals surface area contributed by atoms with Crippen LogP contribution < -0.4 is 5.73 Å². The minimum atomic E-state index is 0.727. The maximum Gasteiger partial charge on any atom is -0.00459 e. The van der Waals surface area contributed by atoms with E-state index in [0.29, 0.717) is 0 Å². The SMILES string of the molecule is CC(C)CC(CN)C1CC1c1ccccc1. The van der Waals surface area contributed by atoms with Crippen LogP contribution in [0.3, 0.4) is 0 Å². The molecule has 88 valence electrons. The highest BCUT2D eigenvalue weighted by molar-refractivity contribution is 5.26. The molecule has 1 aliphatic carbocycles. The first-order valence-corrected chi connectivity index (χ1v) is 6.47. The summed E-state index contributed by atoms with van der Waals surface area (Å²) in [5.41, 5.74) is 7.41. The summed E-state index contributed by atoms with van der Waals surface area (Å²) in [5.74, 6) is 3.12. The third kappa shape index (κ3) is 2.65. The van der Waals surface area contributed by atoms with Crippen molar-refractivity contribution in [1.82, 2.24) is 0 Å². The van der Waals surface area contributed by atoms with Gasteiger partial charge in [-0.15, -0.1) is 0 Å². The molecule has 0 bridgehead atoms. The van der Waals surface area contributed by atoms with Crippen LogP contribution in [0.1, 0.15) is 38.2 Å². The van der Waals surface area contributed by atoms with Gasteiger partial charge in [-0.2, -0.15) is 0 Å². The summed E-state index contributed by atoms with van der Waals surface area (Å²) in [4.78, 5) is 0. The molecule has 0 aliphatic heterocycles. The molecule has 0 radical (unpaired) electrons. The Bertz CT molecular complexity index is 317. The molecule has 1 saturated carbocycles. The first-order chi connectivity index (χ1) is 7.72. The van der Waals surface area contributed by atoms with Crippen molar-refractivity contribution in [2.24, 2.45) is 23.5 Å².